The number of anilines is 1. The van der Waals surface area contributed by atoms with Crippen molar-refractivity contribution in [1.82, 2.24) is 9.80 Å². The molecule has 0 aromatic heterocycles. The van der Waals surface area contributed by atoms with Crippen LogP contribution in [0.4, 0.5) is 5.69 Å². The summed E-state index contributed by atoms with van der Waals surface area (Å²) in [6, 6.07) is 15.4. The van der Waals surface area contributed by atoms with Crippen molar-refractivity contribution in [1.29, 1.82) is 0 Å². The largest absolute Gasteiger partial charge is 0.377 e. The van der Waals surface area contributed by atoms with E-state index in [1.807, 2.05) is 11.0 Å². The molecule has 0 radical (unpaired) electrons. The van der Waals surface area contributed by atoms with Gasteiger partial charge in [0.25, 0.3) is 5.91 Å². The molecule has 156 valence electrons. The summed E-state index contributed by atoms with van der Waals surface area (Å²) in [5.74, 6) is 1.02. The molecule has 3 unspecified atom stereocenters. The number of carbonyl (C=O) groups excluding carboxylic acids is 1. The Morgan fingerprint density at radius 1 is 1.07 bits per heavy atom. The van der Waals surface area contributed by atoms with Gasteiger partial charge in [0.05, 0.1) is 17.3 Å². The molecule has 5 rings (SSSR count). The highest BCUT2D eigenvalue weighted by molar-refractivity contribution is 7.98. The van der Waals surface area contributed by atoms with Gasteiger partial charge >= 0.3 is 0 Å². The Hall–Kier alpha value is -2.24. The maximum atomic E-state index is 13.4. The van der Waals surface area contributed by atoms with Gasteiger partial charge in [0.15, 0.2) is 0 Å². The third-order valence-electron chi connectivity index (χ3n) is 6.89. The lowest BCUT2D eigenvalue weighted by molar-refractivity contribution is 0.0664. The molecule has 2 aromatic rings. The van der Waals surface area contributed by atoms with Crippen LogP contribution in [-0.2, 0) is 0 Å². The number of nitrogens with one attached hydrogen (secondary N) is 1. The first-order valence-corrected chi connectivity index (χ1v) is 12.1. The van der Waals surface area contributed by atoms with E-state index in [0.717, 1.165) is 43.9 Å². The molecule has 2 aromatic carbocycles. The molecule has 3 aliphatic rings. The van der Waals surface area contributed by atoms with E-state index in [9.17, 15) is 4.79 Å². The van der Waals surface area contributed by atoms with Crippen molar-refractivity contribution in [3.05, 3.63) is 71.3 Å². The van der Waals surface area contributed by atoms with E-state index in [4.69, 9.17) is 0 Å². The van der Waals surface area contributed by atoms with Crippen LogP contribution in [0, 0.1) is 5.92 Å². The minimum atomic E-state index is 0.157. The predicted molar refractivity (Wildman–Crippen MR) is 124 cm³/mol. The van der Waals surface area contributed by atoms with E-state index in [2.05, 4.69) is 72.1 Å². The third kappa shape index (κ3) is 3.44. The quantitative estimate of drug-likeness (QED) is 0.582. The summed E-state index contributed by atoms with van der Waals surface area (Å²) in [6.07, 6.45) is 7.84. The number of carbonyl (C=O) groups is 1. The second-order valence-corrected chi connectivity index (χ2v) is 9.49. The molecular weight excluding hydrogens is 390 g/mol. The van der Waals surface area contributed by atoms with Crippen LogP contribution >= 0.6 is 11.8 Å². The number of hydrogen-bond donors (Lipinski definition) is 1. The Morgan fingerprint density at radius 3 is 2.57 bits per heavy atom. The Kier molecular flexibility index (Phi) is 5.34. The highest BCUT2D eigenvalue weighted by Crippen LogP contribution is 2.50. The molecule has 1 amide bonds. The van der Waals surface area contributed by atoms with Crippen LogP contribution in [0.2, 0.25) is 0 Å². The van der Waals surface area contributed by atoms with Gasteiger partial charge in [-0.1, -0.05) is 36.4 Å². The summed E-state index contributed by atoms with van der Waals surface area (Å²) < 4.78 is 0. The predicted octanol–water partition coefficient (Wildman–Crippen LogP) is 4.62. The number of amides is 1. The number of benzene rings is 2. The van der Waals surface area contributed by atoms with Crippen molar-refractivity contribution in [2.45, 2.75) is 23.3 Å². The molecule has 1 aliphatic carbocycles. The number of allylic oxidation sites excluding steroid dienone is 2. The van der Waals surface area contributed by atoms with Crippen molar-refractivity contribution in [2.24, 2.45) is 5.92 Å². The fraction of sp³-hybridized carbons (Fsp3) is 0.400. The third-order valence-corrected chi connectivity index (χ3v) is 7.64. The van der Waals surface area contributed by atoms with Gasteiger partial charge in [-0.15, -0.1) is 11.8 Å². The Morgan fingerprint density at radius 2 is 1.83 bits per heavy atom. The van der Waals surface area contributed by atoms with Crippen LogP contribution in [0.5, 0.6) is 0 Å². The molecule has 1 N–H and O–H groups in total. The Bertz CT molecular complexity index is 963. The van der Waals surface area contributed by atoms with Crippen LogP contribution in [0.15, 0.2) is 59.5 Å². The number of likely N-dealkylation sites (N-methyl/N-ethyl adjacent to an activating group) is 1. The van der Waals surface area contributed by atoms with Crippen LogP contribution in [0.1, 0.15) is 39.9 Å². The van der Waals surface area contributed by atoms with E-state index in [-0.39, 0.29) is 11.9 Å². The number of nitrogens with zero attached hydrogens (tertiary/aromatic N) is 2. The first kappa shape index (κ1) is 19.7. The standard InChI is InChI=1S/C25H29N3OS/c1-27-13-15-28(16-14-27)25(29)22-8-4-7-21-19-5-3-6-20(19)23(26-24(21)22)17-9-11-18(30-2)12-10-17/h3-5,7-12,19-20,23,26H,6,13-16H2,1-2H3. The van der Waals surface area contributed by atoms with E-state index < -0.39 is 0 Å². The number of rotatable bonds is 3. The molecule has 2 heterocycles. The average molecular weight is 420 g/mol. The van der Waals surface area contributed by atoms with E-state index in [0.29, 0.717) is 11.8 Å². The van der Waals surface area contributed by atoms with Gasteiger partial charge in [-0.3, -0.25) is 4.79 Å². The summed E-state index contributed by atoms with van der Waals surface area (Å²) in [5.41, 5.74) is 4.43. The number of hydrogen-bond acceptors (Lipinski definition) is 4. The fourth-order valence-electron chi connectivity index (χ4n) is 5.12. The lowest BCUT2D eigenvalue weighted by Crippen LogP contribution is -2.47. The van der Waals surface area contributed by atoms with Gasteiger partial charge in [0.2, 0.25) is 0 Å². The summed E-state index contributed by atoms with van der Waals surface area (Å²) in [6.45, 7) is 3.47. The molecule has 4 nitrogen and oxygen atoms in total. The van der Waals surface area contributed by atoms with E-state index >= 15 is 0 Å². The maximum absolute atomic E-state index is 13.4. The maximum Gasteiger partial charge on any atom is 0.256 e. The van der Waals surface area contributed by atoms with Crippen LogP contribution in [0.25, 0.3) is 0 Å². The molecule has 1 saturated heterocycles. The highest BCUT2D eigenvalue weighted by Gasteiger charge is 2.39. The van der Waals surface area contributed by atoms with Crippen molar-refractivity contribution in [3.63, 3.8) is 0 Å². The molecule has 0 bridgehead atoms. The topological polar surface area (TPSA) is 35.6 Å². The molecule has 5 heteroatoms. The SMILES string of the molecule is CSc1ccc(C2Nc3c(C(=O)N4CCN(C)CC4)cccc3C3C=CCC32)cc1. The number of para-hydroxylation sites is 1. The number of piperazine rings is 1. The zero-order chi connectivity index (χ0) is 20.7. The molecule has 30 heavy (non-hydrogen) atoms. The lowest BCUT2D eigenvalue weighted by Gasteiger charge is -2.39. The molecule has 1 fully saturated rings. The minimum Gasteiger partial charge on any atom is -0.377 e. The molecule has 2 aliphatic heterocycles. The van der Waals surface area contributed by atoms with Crippen LogP contribution in [0.3, 0.4) is 0 Å². The van der Waals surface area contributed by atoms with Gasteiger partial charge in [-0.2, -0.15) is 0 Å². The van der Waals surface area contributed by atoms with Crippen molar-refractivity contribution >= 4 is 23.4 Å². The minimum absolute atomic E-state index is 0.157. The van der Waals surface area contributed by atoms with Crippen molar-refractivity contribution in [2.75, 3.05) is 44.8 Å². The lowest BCUT2D eigenvalue weighted by atomic mass is 9.76. The van der Waals surface area contributed by atoms with Crippen LogP contribution in [-0.4, -0.2) is 55.2 Å². The summed E-state index contributed by atoms with van der Waals surface area (Å²) in [4.78, 5) is 19.0. The van der Waals surface area contributed by atoms with Gasteiger partial charge in [0, 0.05) is 37.0 Å². The molecular formula is C25H29N3OS. The smallest absolute Gasteiger partial charge is 0.256 e. The average Bonchev–Trinajstić information content (AvgIpc) is 3.28. The summed E-state index contributed by atoms with van der Waals surface area (Å²) >= 11 is 1.77. The first-order chi connectivity index (χ1) is 14.7. The highest BCUT2D eigenvalue weighted by atomic mass is 32.2. The Labute approximate surface area is 183 Å². The molecule has 0 spiro atoms. The number of fused-ring (bicyclic) bond motifs is 3. The zero-order valence-electron chi connectivity index (χ0n) is 17.7. The van der Waals surface area contributed by atoms with Crippen molar-refractivity contribution in [3.8, 4) is 0 Å². The summed E-state index contributed by atoms with van der Waals surface area (Å²) in [5, 5.41) is 3.81. The fourth-order valence-corrected chi connectivity index (χ4v) is 5.53. The van der Waals surface area contributed by atoms with Crippen molar-refractivity contribution < 1.29 is 4.79 Å². The molecule has 0 saturated carbocycles. The second-order valence-electron chi connectivity index (χ2n) is 8.61. The van der Waals surface area contributed by atoms with Crippen LogP contribution < -0.4 is 5.32 Å². The monoisotopic (exact) mass is 419 g/mol. The van der Waals surface area contributed by atoms with E-state index in [1.165, 1.54) is 16.0 Å². The van der Waals surface area contributed by atoms with E-state index in [1.54, 1.807) is 11.8 Å². The van der Waals surface area contributed by atoms with Gasteiger partial charge in [0.1, 0.15) is 0 Å². The summed E-state index contributed by atoms with van der Waals surface area (Å²) in [7, 11) is 2.12. The van der Waals surface area contributed by atoms with Gasteiger partial charge in [-0.05, 0) is 55.0 Å². The first-order valence-electron chi connectivity index (χ1n) is 10.8. The van der Waals surface area contributed by atoms with Gasteiger partial charge in [-0.25, -0.2) is 0 Å². The normalized spacial score (nSPS) is 25.5. The number of thioether (sulfide) groups is 1. The molecule has 3 atom stereocenters. The Balaban J connectivity index is 1.50. The van der Waals surface area contributed by atoms with Gasteiger partial charge < -0.3 is 15.1 Å². The second kappa shape index (κ2) is 8.12. The zero-order valence-corrected chi connectivity index (χ0v) is 18.5.